The van der Waals surface area contributed by atoms with Crippen molar-refractivity contribution in [3.8, 4) is 0 Å². The molecule has 0 saturated carbocycles. The number of rotatable bonds is 14. The van der Waals surface area contributed by atoms with Crippen LogP contribution < -0.4 is 0 Å². The summed E-state index contributed by atoms with van der Waals surface area (Å²) in [5.74, 6) is 0. The van der Waals surface area contributed by atoms with Gasteiger partial charge in [-0.05, 0) is 0 Å². The average Bonchev–Trinajstić information content (AvgIpc) is 2.41. The SMILES string of the molecule is CCCCCCC[CH2][Sn]([CH2]CC)([CH2]CC)[O]CCC. The molecular formula is C17H38OSn. The van der Waals surface area contributed by atoms with Crippen molar-refractivity contribution in [1.82, 2.24) is 0 Å². The first-order valence-corrected chi connectivity index (χ1v) is 16.1. The monoisotopic (exact) mass is 378 g/mol. The molecule has 19 heavy (non-hydrogen) atoms. The maximum atomic E-state index is 6.50. The van der Waals surface area contributed by atoms with Crippen LogP contribution in [0.2, 0.25) is 13.3 Å². The molecule has 0 rings (SSSR count). The molecule has 0 bridgehead atoms. The Balaban J connectivity index is 4.06. The zero-order valence-corrected chi connectivity index (χ0v) is 17.0. The van der Waals surface area contributed by atoms with Crippen LogP contribution in [0.4, 0.5) is 0 Å². The fraction of sp³-hybridized carbons (Fsp3) is 1.00. The Morgan fingerprint density at radius 2 is 1.16 bits per heavy atom. The van der Waals surface area contributed by atoms with Gasteiger partial charge in [0.25, 0.3) is 0 Å². The van der Waals surface area contributed by atoms with E-state index in [1.807, 2.05) is 0 Å². The van der Waals surface area contributed by atoms with E-state index in [1.165, 1.54) is 71.1 Å². The number of hydrogen-bond donors (Lipinski definition) is 0. The van der Waals surface area contributed by atoms with Gasteiger partial charge in [-0.25, -0.2) is 0 Å². The normalized spacial score (nSPS) is 12.0. The van der Waals surface area contributed by atoms with Crippen molar-refractivity contribution in [2.45, 2.75) is 98.8 Å². The second-order valence-electron chi connectivity index (χ2n) is 6.05. The van der Waals surface area contributed by atoms with Gasteiger partial charge in [0.1, 0.15) is 0 Å². The average molecular weight is 377 g/mol. The van der Waals surface area contributed by atoms with Crippen molar-refractivity contribution < 1.29 is 3.07 Å². The summed E-state index contributed by atoms with van der Waals surface area (Å²) in [6, 6.07) is 0. The van der Waals surface area contributed by atoms with Crippen molar-refractivity contribution in [2.75, 3.05) is 6.61 Å². The Morgan fingerprint density at radius 1 is 0.579 bits per heavy atom. The van der Waals surface area contributed by atoms with Gasteiger partial charge in [-0.2, -0.15) is 0 Å². The molecule has 0 atom stereocenters. The molecule has 0 saturated heterocycles. The summed E-state index contributed by atoms with van der Waals surface area (Å²) in [6.07, 6.45) is 12.4. The molecule has 1 nitrogen and oxygen atoms in total. The molecule has 0 amide bonds. The van der Waals surface area contributed by atoms with Gasteiger partial charge in [0.05, 0.1) is 0 Å². The van der Waals surface area contributed by atoms with Gasteiger partial charge in [0, 0.05) is 0 Å². The van der Waals surface area contributed by atoms with Crippen molar-refractivity contribution >= 4 is 18.8 Å². The fourth-order valence-corrected chi connectivity index (χ4v) is 16.0. The Labute approximate surface area is 127 Å². The van der Waals surface area contributed by atoms with Gasteiger partial charge >= 0.3 is 127 Å². The van der Waals surface area contributed by atoms with E-state index in [0.717, 1.165) is 6.61 Å². The summed E-state index contributed by atoms with van der Waals surface area (Å²) < 4.78 is 10.9. The van der Waals surface area contributed by atoms with Crippen molar-refractivity contribution in [3.05, 3.63) is 0 Å². The molecule has 0 unspecified atom stereocenters. The first kappa shape index (κ1) is 19.8. The Bertz CT molecular complexity index is 176. The molecule has 0 spiro atoms. The number of unbranched alkanes of at least 4 members (excludes halogenated alkanes) is 5. The topological polar surface area (TPSA) is 9.23 Å². The van der Waals surface area contributed by atoms with Gasteiger partial charge < -0.3 is 0 Å². The third-order valence-corrected chi connectivity index (χ3v) is 18.0. The Kier molecular flexibility index (Phi) is 14.3. The molecule has 0 fully saturated rings. The van der Waals surface area contributed by atoms with Gasteiger partial charge in [-0.15, -0.1) is 0 Å². The van der Waals surface area contributed by atoms with E-state index in [9.17, 15) is 0 Å². The van der Waals surface area contributed by atoms with E-state index in [-0.39, 0.29) is 0 Å². The van der Waals surface area contributed by atoms with E-state index in [2.05, 4.69) is 27.7 Å². The molecule has 0 aliphatic carbocycles. The maximum absolute atomic E-state index is 6.50. The third-order valence-electron chi connectivity index (χ3n) is 4.01. The quantitative estimate of drug-likeness (QED) is 0.247. The van der Waals surface area contributed by atoms with E-state index < -0.39 is 18.8 Å². The summed E-state index contributed by atoms with van der Waals surface area (Å²) in [7, 11) is 0. The molecule has 0 aromatic heterocycles. The predicted molar refractivity (Wildman–Crippen MR) is 90.4 cm³/mol. The summed E-state index contributed by atoms with van der Waals surface area (Å²) in [5, 5.41) is 0. The molecule has 0 aliphatic rings. The van der Waals surface area contributed by atoms with E-state index in [0.29, 0.717) is 0 Å². The number of hydrogen-bond acceptors (Lipinski definition) is 1. The molecule has 0 radical (unpaired) electrons. The van der Waals surface area contributed by atoms with Crippen LogP contribution in [-0.2, 0) is 3.07 Å². The van der Waals surface area contributed by atoms with Gasteiger partial charge in [-0.3, -0.25) is 0 Å². The minimum atomic E-state index is -2.20. The van der Waals surface area contributed by atoms with E-state index in [1.54, 1.807) is 0 Å². The van der Waals surface area contributed by atoms with Crippen LogP contribution >= 0.6 is 0 Å². The standard InChI is InChI=1S/C8H17.C3H7O.2C3H7.Sn/c1-3-5-7-8-6-4-2;1-2-3-4;2*1-3-2;/h1,3-8H2,2H3;2-3H2,1H3;2*1,3H2,2H3;/q;-1;;;+1. The summed E-state index contributed by atoms with van der Waals surface area (Å²) in [4.78, 5) is 0. The van der Waals surface area contributed by atoms with Crippen molar-refractivity contribution in [3.63, 3.8) is 0 Å². The van der Waals surface area contributed by atoms with E-state index in [4.69, 9.17) is 3.07 Å². The molecule has 2 heteroatoms. The van der Waals surface area contributed by atoms with Crippen LogP contribution in [0, 0.1) is 0 Å². The predicted octanol–water partition coefficient (Wildman–Crippen LogP) is 6.54. The van der Waals surface area contributed by atoms with E-state index >= 15 is 0 Å². The van der Waals surface area contributed by atoms with Crippen molar-refractivity contribution in [1.29, 1.82) is 0 Å². The van der Waals surface area contributed by atoms with Crippen LogP contribution in [0.3, 0.4) is 0 Å². The molecule has 0 heterocycles. The minimum absolute atomic E-state index is 1.03. The third kappa shape index (κ3) is 10.2. The summed E-state index contributed by atoms with van der Waals surface area (Å²) >= 11 is -2.20. The first-order chi connectivity index (χ1) is 9.24. The molecular weight excluding hydrogens is 339 g/mol. The second-order valence-corrected chi connectivity index (χ2v) is 17.9. The molecule has 0 aliphatic heterocycles. The summed E-state index contributed by atoms with van der Waals surface area (Å²) in [5.41, 5.74) is 0. The molecule has 0 N–H and O–H groups in total. The van der Waals surface area contributed by atoms with Crippen LogP contribution in [-0.4, -0.2) is 25.4 Å². The van der Waals surface area contributed by atoms with Crippen LogP contribution in [0.5, 0.6) is 0 Å². The van der Waals surface area contributed by atoms with Gasteiger partial charge in [0.2, 0.25) is 0 Å². The van der Waals surface area contributed by atoms with Crippen LogP contribution in [0.25, 0.3) is 0 Å². The molecule has 0 aromatic rings. The zero-order chi connectivity index (χ0) is 14.4. The second kappa shape index (κ2) is 13.7. The van der Waals surface area contributed by atoms with Crippen molar-refractivity contribution in [2.24, 2.45) is 0 Å². The zero-order valence-electron chi connectivity index (χ0n) is 14.1. The first-order valence-electron chi connectivity index (χ1n) is 8.88. The van der Waals surface area contributed by atoms with Gasteiger partial charge in [0.15, 0.2) is 0 Å². The Morgan fingerprint density at radius 3 is 1.68 bits per heavy atom. The van der Waals surface area contributed by atoms with Crippen LogP contribution in [0.1, 0.15) is 85.5 Å². The summed E-state index contributed by atoms with van der Waals surface area (Å²) in [6.45, 7) is 10.3. The van der Waals surface area contributed by atoms with Gasteiger partial charge in [-0.1, -0.05) is 0 Å². The van der Waals surface area contributed by atoms with Crippen LogP contribution in [0.15, 0.2) is 0 Å². The fourth-order valence-electron chi connectivity index (χ4n) is 3.05. The molecule has 116 valence electrons. The Hall–Kier alpha value is 0.759. The molecule has 0 aromatic carbocycles.